The minimum Gasteiger partial charge on any atom is -0.491 e. The number of benzene rings is 1. The Kier molecular flexibility index (Phi) is 7.39. The van der Waals surface area contributed by atoms with Crippen molar-refractivity contribution in [1.82, 2.24) is 5.32 Å². The van der Waals surface area contributed by atoms with E-state index in [4.69, 9.17) is 4.74 Å². The van der Waals surface area contributed by atoms with Gasteiger partial charge in [-0.1, -0.05) is 29.8 Å². The lowest BCUT2D eigenvalue weighted by Gasteiger charge is -2.15. The molecule has 19 heavy (non-hydrogen) atoms. The molecule has 1 rings (SSSR count). The van der Waals surface area contributed by atoms with Crippen LogP contribution in [-0.4, -0.2) is 19.2 Å². The molecule has 0 bridgehead atoms. The predicted octanol–water partition coefficient (Wildman–Crippen LogP) is 4.38. The van der Waals surface area contributed by atoms with Gasteiger partial charge in [0.1, 0.15) is 11.6 Å². The summed E-state index contributed by atoms with van der Waals surface area (Å²) in [5.74, 6) is 0.975. The molecule has 0 amide bonds. The minimum absolute atomic E-state index is 0.0922. The maximum atomic E-state index is 13.2. The second-order valence-electron chi connectivity index (χ2n) is 5.27. The summed E-state index contributed by atoms with van der Waals surface area (Å²) in [5.41, 5.74) is 0. The van der Waals surface area contributed by atoms with E-state index in [0.717, 1.165) is 25.9 Å². The molecular formula is C15H23BrFNO. The first-order valence-corrected chi connectivity index (χ1v) is 7.60. The topological polar surface area (TPSA) is 21.3 Å². The van der Waals surface area contributed by atoms with E-state index < -0.39 is 0 Å². The van der Waals surface area contributed by atoms with E-state index in [0.29, 0.717) is 16.1 Å². The summed E-state index contributed by atoms with van der Waals surface area (Å²) < 4.78 is 19.6. The van der Waals surface area contributed by atoms with Crippen molar-refractivity contribution < 1.29 is 9.13 Å². The Morgan fingerprint density at radius 2 is 2.00 bits per heavy atom. The first-order chi connectivity index (χ1) is 8.97. The summed E-state index contributed by atoms with van der Waals surface area (Å²) in [4.78, 5) is 0. The van der Waals surface area contributed by atoms with Gasteiger partial charge in [0, 0.05) is 10.5 Å². The summed E-state index contributed by atoms with van der Waals surface area (Å²) in [6.07, 6.45) is 2.11. The Morgan fingerprint density at radius 1 is 1.26 bits per heavy atom. The molecule has 2 nitrogen and oxygen atoms in total. The molecule has 0 spiro atoms. The van der Waals surface area contributed by atoms with E-state index in [1.807, 2.05) is 6.92 Å². The second-order valence-corrected chi connectivity index (χ2v) is 6.19. The van der Waals surface area contributed by atoms with Gasteiger partial charge in [0.25, 0.3) is 0 Å². The number of hydrogen-bond acceptors (Lipinski definition) is 2. The molecule has 1 aromatic carbocycles. The summed E-state index contributed by atoms with van der Waals surface area (Å²) >= 11 is 3.26. The molecule has 0 heterocycles. The zero-order valence-corrected chi connectivity index (χ0v) is 13.5. The van der Waals surface area contributed by atoms with Gasteiger partial charge in [-0.3, -0.25) is 0 Å². The standard InChI is InChI=1S/C15H23BrFNO/c1-11(2)10-18-6-4-5-12(3)19-15-8-13(16)7-14(17)9-15/h7-9,11-12,18H,4-6,10H2,1-3H3. The van der Waals surface area contributed by atoms with Crippen LogP contribution in [0.3, 0.4) is 0 Å². The average molecular weight is 332 g/mol. The predicted molar refractivity (Wildman–Crippen MR) is 81.1 cm³/mol. The lowest BCUT2D eigenvalue weighted by Crippen LogP contribution is -2.22. The van der Waals surface area contributed by atoms with Crippen LogP contribution in [0, 0.1) is 11.7 Å². The van der Waals surface area contributed by atoms with Crippen LogP contribution in [0.2, 0.25) is 0 Å². The maximum absolute atomic E-state index is 13.2. The largest absolute Gasteiger partial charge is 0.491 e. The first-order valence-electron chi connectivity index (χ1n) is 6.81. The van der Waals surface area contributed by atoms with Gasteiger partial charge in [0.05, 0.1) is 6.10 Å². The van der Waals surface area contributed by atoms with Crippen LogP contribution in [0.25, 0.3) is 0 Å². The smallest absolute Gasteiger partial charge is 0.128 e. The van der Waals surface area contributed by atoms with Gasteiger partial charge in [-0.05, 0) is 50.9 Å². The Balaban J connectivity index is 2.25. The third-order valence-electron chi connectivity index (χ3n) is 2.69. The highest BCUT2D eigenvalue weighted by Gasteiger charge is 2.06. The van der Waals surface area contributed by atoms with Crippen molar-refractivity contribution in [3.05, 3.63) is 28.5 Å². The van der Waals surface area contributed by atoms with Crippen molar-refractivity contribution in [3.63, 3.8) is 0 Å². The molecule has 0 aliphatic heterocycles. The molecule has 0 aromatic heterocycles. The Labute approximate surface area is 123 Å². The monoisotopic (exact) mass is 331 g/mol. The Bertz CT molecular complexity index is 364. The zero-order chi connectivity index (χ0) is 14.3. The van der Waals surface area contributed by atoms with Crippen LogP contribution in [0.4, 0.5) is 4.39 Å². The van der Waals surface area contributed by atoms with Crippen LogP contribution in [-0.2, 0) is 0 Å². The molecular weight excluding hydrogens is 309 g/mol. The van der Waals surface area contributed by atoms with E-state index in [2.05, 4.69) is 35.1 Å². The molecule has 0 saturated heterocycles. The van der Waals surface area contributed by atoms with Crippen LogP contribution in [0.5, 0.6) is 5.75 Å². The third-order valence-corrected chi connectivity index (χ3v) is 3.15. The third kappa shape index (κ3) is 7.53. The summed E-state index contributed by atoms with van der Waals surface area (Å²) in [6.45, 7) is 8.45. The van der Waals surface area contributed by atoms with E-state index in [1.54, 1.807) is 6.07 Å². The highest BCUT2D eigenvalue weighted by atomic mass is 79.9. The minimum atomic E-state index is -0.282. The molecule has 1 N–H and O–H groups in total. The molecule has 1 aromatic rings. The highest BCUT2D eigenvalue weighted by Crippen LogP contribution is 2.22. The fraction of sp³-hybridized carbons (Fsp3) is 0.600. The van der Waals surface area contributed by atoms with Gasteiger partial charge in [0.15, 0.2) is 0 Å². The highest BCUT2D eigenvalue weighted by molar-refractivity contribution is 9.10. The lowest BCUT2D eigenvalue weighted by atomic mass is 10.2. The van der Waals surface area contributed by atoms with E-state index >= 15 is 0 Å². The van der Waals surface area contributed by atoms with Gasteiger partial charge in [-0.25, -0.2) is 4.39 Å². The number of nitrogens with one attached hydrogen (secondary N) is 1. The number of halogens is 2. The summed E-state index contributed by atoms with van der Waals surface area (Å²) in [5, 5.41) is 3.40. The van der Waals surface area contributed by atoms with E-state index in [1.165, 1.54) is 12.1 Å². The number of rotatable bonds is 8. The van der Waals surface area contributed by atoms with Crippen LogP contribution < -0.4 is 10.1 Å². The average Bonchev–Trinajstić information content (AvgIpc) is 2.26. The van der Waals surface area contributed by atoms with Gasteiger partial charge in [0.2, 0.25) is 0 Å². The molecule has 1 atom stereocenters. The van der Waals surface area contributed by atoms with Crippen molar-refractivity contribution in [3.8, 4) is 5.75 Å². The molecule has 0 saturated carbocycles. The van der Waals surface area contributed by atoms with E-state index in [9.17, 15) is 4.39 Å². The normalized spacial score (nSPS) is 12.7. The quantitative estimate of drug-likeness (QED) is 0.713. The van der Waals surface area contributed by atoms with E-state index in [-0.39, 0.29) is 11.9 Å². The molecule has 108 valence electrons. The van der Waals surface area contributed by atoms with Crippen molar-refractivity contribution in [2.75, 3.05) is 13.1 Å². The van der Waals surface area contributed by atoms with Crippen LogP contribution in [0.15, 0.2) is 22.7 Å². The zero-order valence-electron chi connectivity index (χ0n) is 11.9. The maximum Gasteiger partial charge on any atom is 0.128 e. The SMILES string of the molecule is CC(C)CNCCCC(C)Oc1cc(F)cc(Br)c1. The van der Waals surface area contributed by atoms with Gasteiger partial charge >= 0.3 is 0 Å². The molecule has 1 unspecified atom stereocenters. The van der Waals surface area contributed by atoms with Crippen molar-refractivity contribution in [2.45, 2.75) is 39.7 Å². The second kappa shape index (κ2) is 8.54. The molecule has 4 heteroatoms. The van der Waals surface area contributed by atoms with Gasteiger partial charge < -0.3 is 10.1 Å². The molecule has 0 aliphatic carbocycles. The fourth-order valence-electron chi connectivity index (χ4n) is 1.79. The fourth-order valence-corrected chi connectivity index (χ4v) is 2.24. The molecule has 0 radical (unpaired) electrons. The Morgan fingerprint density at radius 3 is 2.63 bits per heavy atom. The molecule has 0 aliphatic rings. The number of hydrogen-bond donors (Lipinski definition) is 1. The summed E-state index contributed by atoms with van der Waals surface area (Å²) in [7, 11) is 0. The van der Waals surface area contributed by atoms with Gasteiger partial charge in [-0.15, -0.1) is 0 Å². The lowest BCUT2D eigenvalue weighted by molar-refractivity contribution is 0.206. The van der Waals surface area contributed by atoms with Crippen LogP contribution >= 0.6 is 15.9 Å². The summed E-state index contributed by atoms with van der Waals surface area (Å²) in [6, 6.07) is 4.63. The van der Waals surface area contributed by atoms with Crippen LogP contribution in [0.1, 0.15) is 33.6 Å². The first kappa shape index (κ1) is 16.4. The van der Waals surface area contributed by atoms with Crippen molar-refractivity contribution >= 4 is 15.9 Å². The van der Waals surface area contributed by atoms with Crippen molar-refractivity contribution in [1.29, 1.82) is 0 Å². The molecule has 0 fully saturated rings. The number of ether oxygens (including phenoxy) is 1. The van der Waals surface area contributed by atoms with Crippen molar-refractivity contribution in [2.24, 2.45) is 5.92 Å². The Hall–Kier alpha value is -0.610. The van der Waals surface area contributed by atoms with Gasteiger partial charge in [-0.2, -0.15) is 0 Å².